The first-order chi connectivity index (χ1) is 19.8. The van der Waals surface area contributed by atoms with E-state index in [4.69, 9.17) is 9.47 Å². The van der Waals surface area contributed by atoms with Gasteiger partial charge in [-0.1, -0.05) is 101 Å². The lowest BCUT2D eigenvalue weighted by atomic mass is 10.0. The number of hydrogen-bond acceptors (Lipinski definition) is 6. The third kappa shape index (κ3) is 32.2. The molecule has 0 saturated carbocycles. The highest BCUT2D eigenvalue weighted by atomic mass is 16.6. The molecule has 0 aromatic heterocycles. The number of aliphatic hydroxyl groups excluding tert-OH is 2. The molecule has 0 amide bonds. The number of hydrogen-bond donors (Lipinski definition) is 2. The fourth-order valence-electron chi connectivity index (χ4n) is 4.04. The SMILES string of the molecule is CC(C)CCCCCCCCC(=O)OC[C@@H](O)COC(=O)CCC/C=C\C/C=C\C/C=C\C/C=C\CCC[C@@H](C)O. The lowest BCUT2D eigenvalue weighted by Gasteiger charge is -2.12. The number of ether oxygens (including phenoxy) is 2. The maximum absolute atomic E-state index is 11.9. The van der Waals surface area contributed by atoms with Gasteiger partial charge in [0.25, 0.3) is 0 Å². The summed E-state index contributed by atoms with van der Waals surface area (Å²) in [6.45, 7) is 6.03. The average Bonchev–Trinajstić information content (AvgIpc) is 2.93. The second-order valence-corrected chi connectivity index (χ2v) is 11.3. The van der Waals surface area contributed by atoms with Crippen molar-refractivity contribution < 1.29 is 29.3 Å². The maximum Gasteiger partial charge on any atom is 0.305 e. The quantitative estimate of drug-likeness (QED) is 0.0580. The minimum Gasteiger partial charge on any atom is -0.463 e. The van der Waals surface area contributed by atoms with E-state index in [0.29, 0.717) is 19.3 Å². The smallest absolute Gasteiger partial charge is 0.305 e. The van der Waals surface area contributed by atoms with E-state index in [1.165, 1.54) is 25.7 Å². The predicted molar refractivity (Wildman–Crippen MR) is 169 cm³/mol. The second kappa shape index (κ2) is 29.3. The molecule has 2 N–H and O–H groups in total. The Bertz CT molecular complexity index is 735. The third-order valence-corrected chi connectivity index (χ3v) is 6.51. The largest absolute Gasteiger partial charge is 0.463 e. The number of aliphatic hydroxyl groups is 2. The van der Waals surface area contributed by atoms with Crippen LogP contribution in [0.25, 0.3) is 0 Å². The van der Waals surface area contributed by atoms with E-state index in [2.05, 4.69) is 62.5 Å². The molecular weight excluding hydrogens is 516 g/mol. The summed E-state index contributed by atoms with van der Waals surface area (Å²) in [5, 5.41) is 19.1. The van der Waals surface area contributed by atoms with Crippen molar-refractivity contribution in [2.75, 3.05) is 13.2 Å². The van der Waals surface area contributed by atoms with Gasteiger partial charge < -0.3 is 19.7 Å². The van der Waals surface area contributed by atoms with Crippen molar-refractivity contribution in [1.29, 1.82) is 0 Å². The molecule has 0 aromatic carbocycles. The molecular formula is C35H60O6. The summed E-state index contributed by atoms with van der Waals surface area (Å²) >= 11 is 0. The molecule has 6 nitrogen and oxygen atoms in total. The molecule has 0 aliphatic heterocycles. The molecule has 0 spiro atoms. The third-order valence-electron chi connectivity index (χ3n) is 6.51. The topological polar surface area (TPSA) is 93.1 Å². The molecule has 2 atom stereocenters. The Morgan fingerprint density at radius 1 is 0.561 bits per heavy atom. The fraction of sp³-hybridized carbons (Fsp3) is 0.714. The standard InChI is InChI=1S/C35H60O6/c1-31(2)25-21-17-15-16-20-24-28-35(39)41-30-33(37)29-40-34(38)27-23-19-14-12-10-8-6-4-5-7-9-11-13-18-22-26-32(3)36/h5-8,11-14,31-33,36-37H,4,9-10,15-30H2,1-3H3/b7-5-,8-6-,13-11-,14-12-/t32-,33+/m1/s1. The van der Waals surface area contributed by atoms with Gasteiger partial charge in [0, 0.05) is 12.8 Å². The summed E-state index contributed by atoms with van der Waals surface area (Å²) in [4.78, 5) is 23.7. The Morgan fingerprint density at radius 2 is 1.00 bits per heavy atom. The van der Waals surface area contributed by atoms with Crippen LogP contribution < -0.4 is 0 Å². The van der Waals surface area contributed by atoms with Crippen molar-refractivity contribution in [2.45, 2.75) is 142 Å². The van der Waals surface area contributed by atoms with E-state index in [1.807, 2.05) is 6.92 Å². The first kappa shape index (κ1) is 38.8. The van der Waals surface area contributed by atoms with Gasteiger partial charge in [0.2, 0.25) is 0 Å². The zero-order chi connectivity index (χ0) is 30.4. The Kier molecular flexibility index (Phi) is 27.8. The van der Waals surface area contributed by atoms with Crippen LogP contribution in [0, 0.1) is 5.92 Å². The molecule has 41 heavy (non-hydrogen) atoms. The average molecular weight is 577 g/mol. The molecule has 0 aliphatic rings. The Hall–Kier alpha value is -2.18. The summed E-state index contributed by atoms with van der Waals surface area (Å²) in [7, 11) is 0. The number of rotatable bonds is 27. The van der Waals surface area contributed by atoms with Gasteiger partial charge in [-0.15, -0.1) is 0 Å². The van der Waals surface area contributed by atoms with Crippen molar-refractivity contribution >= 4 is 11.9 Å². The van der Waals surface area contributed by atoms with Gasteiger partial charge in [0.05, 0.1) is 6.10 Å². The predicted octanol–water partition coefficient (Wildman–Crippen LogP) is 8.33. The van der Waals surface area contributed by atoms with Crippen LogP contribution in [-0.4, -0.2) is 47.6 Å². The van der Waals surface area contributed by atoms with Crippen molar-refractivity contribution in [2.24, 2.45) is 5.92 Å². The van der Waals surface area contributed by atoms with E-state index in [0.717, 1.165) is 70.1 Å². The molecule has 0 unspecified atom stereocenters. The molecule has 236 valence electrons. The van der Waals surface area contributed by atoms with Crippen molar-refractivity contribution in [1.82, 2.24) is 0 Å². The van der Waals surface area contributed by atoms with Crippen LogP contribution in [0.4, 0.5) is 0 Å². The highest BCUT2D eigenvalue weighted by Gasteiger charge is 2.12. The van der Waals surface area contributed by atoms with Crippen LogP contribution in [0.5, 0.6) is 0 Å². The van der Waals surface area contributed by atoms with Crippen LogP contribution in [0.2, 0.25) is 0 Å². The molecule has 0 fully saturated rings. The molecule has 0 heterocycles. The maximum atomic E-state index is 11.9. The Morgan fingerprint density at radius 3 is 1.51 bits per heavy atom. The van der Waals surface area contributed by atoms with Crippen LogP contribution in [0.3, 0.4) is 0 Å². The summed E-state index contributed by atoms with van der Waals surface area (Å²) < 4.78 is 10.2. The summed E-state index contributed by atoms with van der Waals surface area (Å²) in [6, 6.07) is 0. The molecule has 0 radical (unpaired) electrons. The molecule has 0 bridgehead atoms. The van der Waals surface area contributed by atoms with Crippen molar-refractivity contribution in [3.63, 3.8) is 0 Å². The van der Waals surface area contributed by atoms with E-state index in [9.17, 15) is 19.8 Å². The van der Waals surface area contributed by atoms with Gasteiger partial charge in [-0.3, -0.25) is 9.59 Å². The minimum atomic E-state index is -0.992. The van der Waals surface area contributed by atoms with Crippen molar-refractivity contribution in [3.05, 3.63) is 48.6 Å². The number of unbranched alkanes of at least 4 members (excludes halogenated alkanes) is 7. The van der Waals surface area contributed by atoms with Gasteiger partial charge in [0.1, 0.15) is 19.3 Å². The first-order valence-electron chi connectivity index (χ1n) is 16.1. The Balaban J connectivity index is 3.61. The lowest BCUT2D eigenvalue weighted by Crippen LogP contribution is -2.25. The molecule has 0 aromatic rings. The van der Waals surface area contributed by atoms with Crippen LogP contribution in [0.1, 0.15) is 130 Å². The van der Waals surface area contributed by atoms with E-state index in [1.54, 1.807) is 0 Å². The monoisotopic (exact) mass is 576 g/mol. The van der Waals surface area contributed by atoms with E-state index >= 15 is 0 Å². The highest BCUT2D eigenvalue weighted by Crippen LogP contribution is 2.12. The van der Waals surface area contributed by atoms with Crippen molar-refractivity contribution in [3.8, 4) is 0 Å². The van der Waals surface area contributed by atoms with Gasteiger partial charge in [-0.25, -0.2) is 0 Å². The van der Waals surface area contributed by atoms with Gasteiger partial charge in [-0.05, 0) is 70.6 Å². The molecule has 0 saturated heterocycles. The number of carbonyl (C=O) groups excluding carboxylic acids is 2. The van der Waals surface area contributed by atoms with E-state index in [-0.39, 0.29) is 31.3 Å². The molecule has 0 rings (SSSR count). The highest BCUT2D eigenvalue weighted by molar-refractivity contribution is 5.69. The lowest BCUT2D eigenvalue weighted by molar-refractivity contribution is -0.152. The van der Waals surface area contributed by atoms with Crippen LogP contribution in [0.15, 0.2) is 48.6 Å². The summed E-state index contributed by atoms with van der Waals surface area (Å²) in [6.07, 6.45) is 31.7. The minimum absolute atomic E-state index is 0.143. The number of allylic oxidation sites excluding steroid dienone is 8. The van der Waals surface area contributed by atoms with E-state index < -0.39 is 6.10 Å². The molecule has 6 heteroatoms. The zero-order valence-corrected chi connectivity index (χ0v) is 26.3. The van der Waals surface area contributed by atoms with Gasteiger partial charge in [0.15, 0.2) is 0 Å². The Labute approximate surface area is 251 Å². The second-order valence-electron chi connectivity index (χ2n) is 11.3. The zero-order valence-electron chi connectivity index (χ0n) is 26.3. The summed E-state index contributed by atoms with van der Waals surface area (Å²) in [5.41, 5.74) is 0. The van der Waals surface area contributed by atoms with Gasteiger partial charge in [-0.2, -0.15) is 0 Å². The summed E-state index contributed by atoms with van der Waals surface area (Å²) in [5.74, 6) is 0.113. The van der Waals surface area contributed by atoms with Crippen LogP contribution >= 0.6 is 0 Å². The van der Waals surface area contributed by atoms with Gasteiger partial charge >= 0.3 is 11.9 Å². The molecule has 0 aliphatic carbocycles. The van der Waals surface area contributed by atoms with Crippen LogP contribution in [-0.2, 0) is 19.1 Å². The first-order valence-corrected chi connectivity index (χ1v) is 16.1. The number of carbonyl (C=O) groups is 2. The number of esters is 2. The fourth-order valence-corrected chi connectivity index (χ4v) is 4.04. The normalized spacial score (nSPS) is 13.7.